The van der Waals surface area contributed by atoms with Gasteiger partial charge in [0, 0.05) is 18.2 Å². The molecule has 4 nitrogen and oxygen atoms in total. The van der Waals surface area contributed by atoms with Crippen LogP contribution in [0.1, 0.15) is 32.8 Å². The second kappa shape index (κ2) is 6.57. The lowest BCUT2D eigenvalue weighted by Gasteiger charge is -2.20. The van der Waals surface area contributed by atoms with Crippen molar-refractivity contribution in [3.63, 3.8) is 0 Å². The summed E-state index contributed by atoms with van der Waals surface area (Å²) in [7, 11) is 0. The molecular weight excluding hydrogens is 262 g/mol. The van der Waals surface area contributed by atoms with Crippen LogP contribution >= 0.6 is 0 Å². The standard InChI is InChI=1S/C17H23N3O/c1-4-17(2,3)16(21)19-15-12-18-20(13-15)11-10-14-8-6-5-7-9-14/h5-9,12-13H,4,10-11H2,1-3H3,(H,19,21). The van der Waals surface area contributed by atoms with Crippen LogP contribution in [0.3, 0.4) is 0 Å². The van der Waals surface area contributed by atoms with Crippen LogP contribution in [-0.4, -0.2) is 15.7 Å². The first-order valence-electron chi connectivity index (χ1n) is 7.39. The number of carbonyl (C=O) groups excluding carboxylic acids is 1. The van der Waals surface area contributed by atoms with E-state index >= 15 is 0 Å². The maximum Gasteiger partial charge on any atom is 0.230 e. The highest BCUT2D eigenvalue weighted by molar-refractivity contribution is 5.94. The number of nitrogens with one attached hydrogen (secondary N) is 1. The van der Waals surface area contributed by atoms with Crippen molar-refractivity contribution in [2.75, 3.05) is 5.32 Å². The summed E-state index contributed by atoms with van der Waals surface area (Å²) >= 11 is 0. The summed E-state index contributed by atoms with van der Waals surface area (Å²) in [6.45, 7) is 6.71. The fourth-order valence-corrected chi connectivity index (χ4v) is 1.90. The molecule has 0 aliphatic heterocycles. The molecule has 0 fully saturated rings. The molecule has 0 aliphatic carbocycles. The molecule has 0 spiro atoms. The van der Waals surface area contributed by atoms with Gasteiger partial charge in [0.2, 0.25) is 5.91 Å². The van der Waals surface area contributed by atoms with Crippen molar-refractivity contribution < 1.29 is 4.79 Å². The molecule has 2 aromatic rings. The van der Waals surface area contributed by atoms with Crippen LogP contribution < -0.4 is 5.32 Å². The van der Waals surface area contributed by atoms with E-state index in [1.807, 2.05) is 49.8 Å². The van der Waals surface area contributed by atoms with Crippen LogP contribution in [0.25, 0.3) is 0 Å². The third kappa shape index (κ3) is 4.18. The first-order valence-corrected chi connectivity index (χ1v) is 7.39. The van der Waals surface area contributed by atoms with E-state index in [2.05, 4.69) is 22.5 Å². The molecule has 2 rings (SSSR count). The summed E-state index contributed by atoms with van der Waals surface area (Å²) in [6, 6.07) is 10.3. The Labute approximate surface area is 126 Å². The van der Waals surface area contributed by atoms with Crippen molar-refractivity contribution >= 4 is 11.6 Å². The number of nitrogens with zero attached hydrogens (tertiary/aromatic N) is 2. The van der Waals surface area contributed by atoms with Crippen molar-refractivity contribution in [2.45, 2.75) is 40.2 Å². The van der Waals surface area contributed by atoms with Gasteiger partial charge in [-0.2, -0.15) is 5.10 Å². The second-order valence-corrected chi connectivity index (χ2v) is 5.92. The van der Waals surface area contributed by atoms with Gasteiger partial charge in [-0.25, -0.2) is 0 Å². The Kier molecular flexibility index (Phi) is 4.78. The van der Waals surface area contributed by atoms with Crippen molar-refractivity contribution in [3.05, 3.63) is 48.3 Å². The predicted molar refractivity (Wildman–Crippen MR) is 85.1 cm³/mol. The monoisotopic (exact) mass is 285 g/mol. The molecular formula is C17H23N3O. The molecule has 0 bridgehead atoms. The van der Waals surface area contributed by atoms with E-state index in [-0.39, 0.29) is 11.3 Å². The summed E-state index contributed by atoms with van der Waals surface area (Å²) in [6.07, 6.45) is 5.32. The Morgan fingerprint density at radius 1 is 1.29 bits per heavy atom. The normalized spacial score (nSPS) is 11.4. The average molecular weight is 285 g/mol. The maximum absolute atomic E-state index is 12.1. The molecule has 112 valence electrons. The Balaban J connectivity index is 1.91. The van der Waals surface area contributed by atoms with Gasteiger partial charge in [-0.3, -0.25) is 9.48 Å². The number of aryl methyl sites for hydroxylation is 2. The molecule has 1 aromatic heterocycles. The first-order chi connectivity index (χ1) is 10.0. The summed E-state index contributed by atoms with van der Waals surface area (Å²) in [5.41, 5.74) is 1.69. The van der Waals surface area contributed by atoms with E-state index < -0.39 is 0 Å². The highest BCUT2D eigenvalue weighted by Gasteiger charge is 2.25. The van der Waals surface area contributed by atoms with Crippen molar-refractivity contribution in [3.8, 4) is 0 Å². The molecule has 21 heavy (non-hydrogen) atoms. The molecule has 1 amide bonds. The highest BCUT2D eigenvalue weighted by Crippen LogP contribution is 2.22. The summed E-state index contributed by atoms with van der Waals surface area (Å²) in [5, 5.41) is 7.22. The number of anilines is 1. The van der Waals surface area contributed by atoms with Crippen LogP contribution in [0.15, 0.2) is 42.7 Å². The average Bonchev–Trinajstić information content (AvgIpc) is 2.93. The Hall–Kier alpha value is -2.10. The molecule has 0 atom stereocenters. The largest absolute Gasteiger partial charge is 0.323 e. The Bertz CT molecular complexity index is 587. The SMILES string of the molecule is CCC(C)(C)C(=O)Nc1cnn(CCc2ccccc2)c1. The van der Waals surface area contributed by atoms with Gasteiger partial charge in [0.05, 0.1) is 11.9 Å². The van der Waals surface area contributed by atoms with E-state index in [0.717, 1.165) is 25.1 Å². The van der Waals surface area contributed by atoms with Gasteiger partial charge < -0.3 is 5.32 Å². The lowest BCUT2D eigenvalue weighted by atomic mass is 9.89. The van der Waals surface area contributed by atoms with E-state index in [0.29, 0.717) is 0 Å². The molecule has 0 saturated heterocycles. The number of aromatic nitrogens is 2. The summed E-state index contributed by atoms with van der Waals surface area (Å²) < 4.78 is 1.86. The van der Waals surface area contributed by atoms with Gasteiger partial charge in [-0.1, -0.05) is 51.1 Å². The van der Waals surface area contributed by atoms with E-state index in [1.165, 1.54) is 5.56 Å². The number of rotatable bonds is 6. The highest BCUT2D eigenvalue weighted by atomic mass is 16.2. The Morgan fingerprint density at radius 3 is 2.67 bits per heavy atom. The van der Waals surface area contributed by atoms with Gasteiger partial charge in [0.25, 0.3) is 0 Å². The third-order valence-corrected chi connectivity index (χ3v) is 3.86. The number of hydrogen-bond donors (Lipinski definition) is 1. The minimum Gasteiger partial charge on any atom is -0.323 e. The van der Waals surface area contributed by atoms with E-state index in [9.17, 15) is 4.79 Å². The van der Waals surface area contributed by atoms with Crippen molar-refractivity contribution in [1.29, 1.82) is 0 Å². The molecule has 1 heterocycles. The number of carbonyl (C=O) groups is 1. The van der Waals surface area contributed by atoms with E-state index in [4.69, 9.17) is 0 Å². The van der Waals surface area contributed by atoms with Gasteiger partial charge >= 0.3 is 0 Å². The van der Waals surface area contributed by atoms with Crippen LogP contribution in [0, 0.1) is 5.41 Å². The van der Waals surface area contributed by atoms with Crippen LogP contribution in [-0.2, 0) is 17.8 Å². The van der Waals surface area contributed by atoms with E-state index in [1.54, 1.807) is 6.20 Å². The maximum atomic E-state index is 12.1. The fourth-order valence-electron chi connectivity index (χ4n) is 1.90. The van der Waals surface area contributed by atoms with Crippen LogP contribution in [0.4, 0.5) is 5.69 Å². The quantitative estimate of drug-likeness (QED) is 0.883. The first kappa shape index (κ1) is 15.3. The van der Waals surface area contributed by atoms with Crippen molar-refractivity contribution in [2.24, 2.45) is 5.41 Å². The number of hydrogen-bond acceptors (Lipinski definition) is 2. The van der Waals surface area contributed by atoms with Crippen LogP contribution in [0.5, 0.6) is 0 Å². The van der Waals surface area contributed by atoms with Crippen molar-refractivity contribution in [1.82, 2.24) is 9.78 Å². The summed E-state index contributed by atoms with van der Waals surface area (Å²) in [4.78, 5) is 12.1. The topological polar surface area (TPSA) is 46.9 Å². The smallest absolute Gasteiger partial charge is 0.230 e. The molecule has 0 radical (unpaired) electrons. The minimum absolute atomic E-state index is 0.0348. The fraction of sp³-hybridized carbons (Fsp3) is 0.412. The van der Waals surface area contributed by atoms with Gasteiger partial charge in [-0.15, -0.1) is 0 Å². The number of amides is 1. The van der Waals surface area contributed by atoms with Gasteiger partial charge in [0.15, 0.2) is 0 Å². The zero-order valence-corrected chi connectivity index (χ0v) is 13.0. The number of benzene rings is 1. The van der Waals surface area contributed by atoms with Gasteiger partial charge in [0.1, 0.15) is 0 Å². The molecule has 0 saturated carbocycles. The summed E-state index contributed by atoms with van der Waals surface area (Å²) in [5.74, 6) is 0.0348. The molecule has 4 heteroatoms. The lowest BCUT2D eigenvalue weighted by Crippen LogP contribution is -2.29. The molecule has 0 unspecified atom stereocenters. The molecule has 1 aromatic carbocycles. The Morgan fingerprint density at radius 2 is 2.00 bits per heavy atom. The molecule has 0 aliphatic rings. The zero-order chi connectivity index (χ0) is 15.3. The second-order valence-electron chi connectivity index (χ2n) is 5.92. The molecule has 1 N–H and O–H groups in total. The lowest BCUT2D eigenvalue weighted by molar-refractivity contribution is -0.124. The van der Waals surface area contributed by atoms with Crippen LogP contribution in [0.2, 0.25) is 0 Å². The zero-order valence-electron chi connectivity index (χ0n) is 13.0. The minimum atomic E-state index is -0.355. The third-order valence-electron chi connectivity index (χ3n) is 3.86. The van der Waals surface area contributed by atoms with Gasteiger partial charge in [-0.05, 0) is 18.4 Å². The predicted octanol–water partition coefficient (Wildman–Crippen LogP) is 3.50.